The molecule has 1 rings (SSSR count). The van der Waals surface area contributed by atoms with E-state index in [4.69, 9.17) is 21.8 Å². The van der Waals surface area contributed by atoms with E-state index in [9.17, 15) is 9.59 Å². The third-order valence-electron chi connectivity index (χ3n) is 1.53. The van der Waals surface area contributed by atoms with Gasteiger partial charge in [-0.05, 0) is 47.7 Å². The molecule has 17 heavy (non-hydrogen) atoms. The van der Waals surface area contributed by atoms with Crippen molar-refractivity contribution in [2.24, 2.45) is 0 Å². The number of hydrogen-bond donors (Lipinski definition) is 2. The molecule has 92 valence electrons. The molecule has 0 amide bonds. The fourth-order valence-corrected chi connectivity index (χ4v) is 1.77. The van der Waals surface area contributed by atoms with E-state index in [1.807, 2.05) is 22.6 Å². The minimum Gasteiger partial charge on any atom is -0.478 e. The quantitative estimate of drug-likeness (QED) is 0.620. The van der Waals surface area contributed by atoms with E-state index < -0.39 is 11.9 Å². The molecule has 0 aliphatic heterocycles. The summed E-state index contributed by atoms with van der Waals surface area (Å²) in [6.07, 6.45) is 0. The van der Waals surface area contributed by atoms with E-state index in [2.05, 4.69) is 6.58 Å². The Morgan fingerprint density at radius 3 is 2.12 bits per heavy atom. The molecule has 0 saturated heterocycles. The van der Waals surface area contributed by atoms with E-state index in [0.29, 0.717) is 8.59 Å². The second-order valence-electron chi connectivity index (χ2n) is 3.01. The van der Waals surface area contributed by atoms with Crippen LogP contribution in [0.3, 0.4) is 0 Å². The predicted molar refractivity (Wildman–Crippen MR) is 73.6 cm³/mol. The topological polar surface area (TPSA) is 74.6 Å². The van der Waals surface area contributed by atoms with Crippen LogP contribution in [0.2, 0.25) is 5.02 Å². The zero-order chi connectivity index (χ0) is 13.6. The molecule has 0 bridgehead atoms. The maximum Gasteiger partial charge on any atom is 0.336 e. The first kappa shape index (κ1) is 15.9. The van der Waals surface area contributed by atoms with E-state index in [1.165, 1.54) is 13.0 Å². The van der Waals surface area contributed by atoms with Gasteiger partial charge in [0.1, 0.15) is 0 Å². The summed E-state index contributed by atoms with van der Waals surface area (Å²) in [5.41, 5.74) is 0.463. The van der Waals surface area contributed by atoms with Gasteiger partial charge in [0.05, 0.1) is 5.56 Å². The van der Waals surface area contributed by atoms with Crippen LogP contribution >= 0.6 is 34.2 Å². The lowest BCUT2D eigenvalue weighted by Gasteiger charge is -1.97. The SMILES string of the molecule is C=C(C)C(=O)O.O=C(O)c1ccc(Cl)cc1I. The fraction of sp³-hybridized carbons (Fsp3) is 0.0909. The summed E-state index contributed by atoms with van der Waals surface area (Å²) in [6.45, 7) is 4.60. The molecule has 2 N–H and O–H groups in total. The number of hydrogen-bond acceptors (Lipinski definition) is 2. The lowest BCUT2D eigenvalue weighted by molar-refractivity contribution is -0.132. The molecule has 0 aliphatic carbocycles. The van der Waals surface area contributed by atoms with Crippen LogP contribution < -0.4 is 0 Å². The van der Waals surface area contributed by atoms with Gasteiger partial charge in [0.25, 0.3) is 0 Å². The van der Waals surface area contributed by atoms with Gasteiger partial charge in [0.2, 0.25) is 0 Å². The summed E-state index contributed by atoms with van der Waals surface area (Å²) in [7, 11) is 0. The number of rotatable bonds is 2. The van der Waals surface area contributed by atoms with Crippen molar-refractivity contribution in [3.63, 3.8) is 0 Å². The van der Waals surface area contributed by atoms with Crippen molar-refractivity contribution in [1.82, 2.24) is 0 Å². The molecule has 0 fully saturated rings. The van der Waals surface area contributed by atoms with Crippen LogP contribution in [0.15, 0.2) is 30.4 Å². The Balaban J connectivity index is 0.000000366. The molecule has 1 aromatic carbocycles. The zero-order valence-electron chi connectivity index (χ0n) is 8.91. The highest BCUT2D eigenvalue weighted by atomic mass is 127. The van der Waals surface area contributed by atoms with Crippen LogP contribution in [0.1, 0.15) is 17.3 Å². The normalized spacial score (nSPS) is 8.88. The van der Waals surface area contributed by atoms with Crippen molar-refractivity contribution in [2.45, 2.75) is 6.92 Å². The average Bonchev–Trinajstić information content (AvgIpc) is 2.17. The van der Waals surface area contributed by atoms with Gasteiger partial charge in [-0.25, -0.2) is 9.59 Å². The second kappa shape index (κ2) is 7.29. The molecular formula is C11H10ClIO4. The molecule has 0 saturated carbocycles. The Morgan fingerprint density at radius 2 is 1.82 bits per heavy atom. The van der Waals surface area contributed by atoms with Gasteiger partial charge in [-0.3, -0.25) is 0 Å². The maximum absolute atomic E-state index is 10.5. The highest BCUT2D eigenvalue weighted by molar-refractivity contribution is 14.1. The van der Waals surface area contributed by atoms with Crippen molar-refractivity contribution >= 4 is 46.1 Å². The molecule has 1 aromatic rings. The number of carboxylic acid groups (broad SMARTS) is 2. The number of aliphatic carboxylic acids is 1. The summed E-state index contributed by atoms with van der Waals surface area (Å²) >= 11 is 7.56. The van der Waals surface area contributed by atoms with Crippen molar-refractivity contribution in [1.29, 1.82) is 0 Å². The van der Waals surface area contributed by atoms with Crippen LogP contribution in [0.25, 0.3) is 0 Å². The van der Waals surface area contributed by atoms with Crippen LogP contribution in [0.5, 0.6) is 0 Å². The van der Waals surface area contributed by atoms with Crippen molar-refractivity contribution in [3.05, 3.63) is 44.5 Å². The lowest BCUT2D eigenvalue weighted by Crippen LogP contribution is -1.98. The van der Waals surface area contributed by atoms with Gasteiger partial charge in [-0.1, -0.05) is 18.2 Å². The van der Waals surface area contributed by atoms with Crippen LogP contribution in [-0.2, 0) is 4.79 Å². The Hall–Kier alpha value is -1.08. The molecule has 0 spiro atoms. The van der Waals surface area contributed by atoms with Crippen LogP contribution in [0, 0.1) is 3.57 Å². The first-order chi connectivity index (χ1) is 7.75. The summed E-state index contributed by atoms with van der Waals surface area (Å²) in [4.78, 5) is 20.1. The molecule has 4 nitrogen and oxygen atoms in total. The maximum atomic E-state index is 10.5. The highest BCUT2D eigenvalue weighted by Gasteiger charge is 2.06. The van der Waals surface area contributed by atoms with E-state index in [1.54, 1.807) is 12.1 Å². The van der Waals surface area contributed by atoms with Crippen molar-refractivity contribution in [2.75, 3.05) is 0 Å². The van der Waals surface area contributed by atoms with Gasteiger partial charge in [-0.2, -0.15) is 0 Å². The van der Waals surface area contributed by atoms with Crippen molar-refractivity contribution < 1.29 is 19.8 Å². The Bertz CT molecular complexity index is 445. The molecule has 0 radical (unpaired) electrons. The molecule has 0 aliphatic rings. The Morgan fingerprint density at radius 1 is 1.35 bits per heavy atom. The van der Waals surface area contributed by atoms with Gasteiger partial charge < -0.3 is 10.2 Å². The number of benzene rings is 1. The fourth-order valence-electron chi connectivity index (χ4n) is 0.663. The third-order valence-corrected chi connectivity index (χ3v) is 2.65. The van der Waals surface area contributed by atoms with Gasteiger partial charge in [0, 0.05) is 14.2 Å². The van der Waals surface area contributed by atoms with E-state index >= 15 is 0 Å². The van der Waals surface area contributed by atoms with Crippen molar-refractivity contribution in [3.8, 4) is 0 Å². The number of aromatic carboxylic acids is 1. The van der Waals surface area contributed by atoms with Gasteiger partial charge in [-0.15, -0.1) is 0 Å². The van der Waals surface area contributed by atoms with Gasteiger partial charge in [0.15, 0.2) is 0 Å². The van der Waals surface area contributed by atoms with Gasteiger partial charge >= 0.3 is 11.9 Å². The molecule has 0 atom stereocenters. The third kappa shape index (κ3) is 6.28. The van der Waals surface area contributed by atoms with E-state index in [0.717, 1.165) is 0 Å². The average molecular weight is 369 g/mol. The number of carbonyl (C=O) groups is 2. The number of halogens is 2. The highest BCUT2D eigenvalue weighted by Crippen LogP contribution is 2.17. The van der Waals surface area contributed by atoms with E-state index in [-0.39, 0.29) is 11.1 Å². The molecule has 6 heteroatoms. The van der Waals surface area contributed by atoms with Crippen LogP contribution in [-0.4, -0.2) is 22.2 Å². The smallest absolute Gasteiger partial charge is 0.336 e. The Labute approximate surface area is 117 Å². The molecular weight excluding hydrogens is 358 g/mol. The predicted octanol–water partition coefficient (Wildman–Crippen LogP) is 3.29. The summed E-state index contributed by atoms with van der Waals surface area (Å²) in [5.74, 6) is -1.86. The lowest BCUT2D eigenvalue weighted by atomic mass is 10.2. The standard InChI is InChI=1S/C7H4ClIO2.C4H6O2/c8-4-1-2-5(7(10)11)6(9)3-4;1-3(2)4(5)6/h1-3H,(H,10,11);1H2,2H3,(H,5,6). The molecule has 0 heterocycles. The summed E-state index contributed by atoms with van der Waals surface area (Å²) < 4.78 is 0.655. The first-order valence-electron chi connectivity index (χ1n) is 4.33. The zero-order valence-corrected chi connectivity index (χ0v) is 11.8. The monoisotopic (exact) mass is 368 g/mol. The Kier molecular flexibility index (Phi) is 6.82. The minimum absolute atomic E-state index is 0.176. The largest absolute Gasteiger partial charge is 0.478 e. The second-order valence-corrected chi connectivity index (χ2v) is 4.61. The molecule has 0 unspecified atom stereocenters. The summed E-state index contributed by atoms with van der Waals surface area (Å²) in [5, 5.41) is 17.1. The summed E-state index contributed by atoms with van der Waals surface area (Å²) in [6, 6.07) is 4.67. The molecule has 0 aromatic heterocycles. The van der Waals surface area contributed by atoms with Crippen LogP contribution in [0.4, 0.5) is 0 Å². The number of carboxylic acids is 2. The first-order valence-corrected chi connectivity index (χ1v) is 5.78. The minimum atomic E-state index is -0.935.